The summed E-state index contributed by atoms with van der Waals surface area (Å²) in [5, 5.41) is 3.45. The predicted molar refractivity (Wildman–Crippen MR) is 79.5 cm³/mol. The lowest BCUT2D eigenvalue weighted by Crippen LogP contribution is -2.23. The molecule has 1 aromatic carbocycles. The van der Waals surface area contributed by atoms with Gasteiger partial charge in [-0.1, -0.05) is 12.1 Å². The van der Waals surface area contributed by atoms with Crippen molar-refractivity contribution in [1.82, 2.24) is 9.55 Å². The molecule has 1 N–H and O–H groups in total. The van der Waals surface area contributed by atoms with E-state index >= 15 is 0 Å². The topological polar surface area (TPSA) is 39.1 Å². The number of imidazole rings is 1. The molecule has 4 nitrogen and oxygen atoms in total. The highest BCUT2D eigenvalue weighted by molar-refractivity contribution is 5.45. The lowest BCUT2D eigenvalue weighted by molar-refractivity contribution is 0.135. The number of ether oxygens (including phenoxy) is 1. The fraction of sp³-hybridized carbons (Fsp3) is 0.312. The molecule has 2 heterocycles. The van der Waals surface area contributed by atoms with Gasteiger partial charge in [0.1, 0.15) is 6.10 Å². The van der Waals surface area contributed by atoms with Crippen LogP contribution in [0.2, 0.25) is 0 Å². The monoisotopic (exact) mass is 269 g/mol. The summed E-state index contributed by atoms with van der Waals surface area (Å²) in [6.45, 7) is 1.69. The van der Waals surface area contributed by atoms with E-state index in [0.29, 0.717) is 0 Å². The average Bonchev–Trinajstić information content (AvgIpc) is 3.00. The van der Waals surface area contributed by atoms with Crippen molar-refractivity contribution in [3.8, 4) is 0 Å². The minimum Gasteiger partial charge on any atom is -0.497 e. The number of allylic oxidation sites excluding steroid dienone is 1. The molecule has 0 spiro atoms. The highest BCUT2D eigenvalue weighted by atomic mass is 16.5. The molecule has 1 aliphatic heterocycles. The molecule has 1 aromatic heterocycles. The van der Waals surface area contributed by atoms with Crippen LogP contribution in [0.5, 0.6) is 0 Å². The van der Waals surface area contributed by atoms with Gasteiger partial charge in [0.2, 0.25) is 0 Å². The van der Waals surface area contributed by atoms with Gasteiger partial charge >= 0.3 is 0 Å². The minimum absolute atomic E-state index is 0.275. The molecule has 104 valence electrons. The Morgan fingerprint density at radius 1 is 1.40 bits per heavy atom. The number of anilines is 1. The van der Waals surface area contributed by atoms with Gasteiger partial charge in [-0.05, 0) is 36.6 Å². The van der Waals surface area contributed by atoms with Gasteiger partial charge in [-0.25, -0.2) is 4.98 Å². The molecule has 0 saturated carbocycles. The van der Waals surface area contributed by atoms with Gasteiger partial charge in [0, 0.05) is 24.6 Å². The van der Waals surface area contributed by atoms with E-state index in [1.165, 1.54) is 5.56 Å². The number of hydrogen-bond acceptors (Lipinski definition) is 3. The van der Waals surface area contributed by atoms with Crippen LogP contribution >= 0.6 is 0 Å². The summed E-state index contributed by atoms with van der Waals surface area (Å²) in [4.78, 5) is 4.06. The molecule has 0 aliphatic carbocycles. The molecular formula is C16H19N3O. The maximum Gasteiger partial charge on any atom is 0.115 e. The Morgan fingerprint density at radius 2 is 2.40 bits per heavy atom. The van der Waals surface area contributed by atoms with Crippen molar-refractivity contribution >= 4 is 5.69 Å². The lowest BCUT2D eigenvalue weighted by atomic mass is 10.1. The first-order valence-corrected chi connectivity index (χ1v) is 6.99. The Morgan fingerprint density at radius 3 is 3.20 bits per heavy atom. The Kier molecular flexibility index (Phi) is 4.01. The maximum atomic E-state index is 5.56. The third-order valence-electron chi connectivity index (χ3n) is 3.41. The summed E-state index contributed by atoms with van der Waals surface area (Å²) in [6.07, 6.45) is 12.0. The zero-order valence-electron chi connectivity index (χ0n) is 11.4. The zero-order valence-corrected chi connectivity index (χ0v) is 11.4. The summed E-state index contributed by atoms with van der Waals surface area (Å²) in [5.41, 5.74) is 2.40. The second-order valence-corrected chi connectivity index (χ2v) is 5.02. The molecule has 1 unspecified atom stereocenters. The fourth-order valence-corrected chi connectivity index (χ4v) is 2.34. The second-order valence-electron chi connectivity index (χ2n) is 5.02. The van der Waals surface area contributed by atoms with E-state index in [0.717, 1.165) is 31.6 Å². The van der Waals surface area contributed by atoms with Crippen molar-refractivity contribution in [2.75, 3.05) is 11.9 Å². The quantitative estimate of drug-likeness (QED) is 0.906. The van der Waals surface area contributed by atoms with E-state index in [1.54, 1.807) is 6.20 Å². The summed E-state index contributed by atoms with van der Waals surface area (Å²) in [7, 11) is 0. The number of nitrogens with one attached hydrogen (secondary N) is 1. The molecule has 20 heavy (non-hydrogen) atoms. The van der Waals surface area contributed by atoms with Gasteiger partial charge in [-0.3, -0.25) is 0 Å². The van der Waals surface area contributed by atoms with Crippen molar-refractivity contribution in [1.29, 1.82) is 0 Å². The first-order valence-electron chi connectivity index (χ1n) is 6.99. The van der Waals surface area contributed by atoms with Crippen LogP contribution in [0.25, 0.3) is 0 Å². The zero-order chi connectivity index (χ0) is 13.6. The van der Waals surface area contributed by atoms with E-state index in [-0.39, 0.29) is 6.10 Å². The Labute approximate surface area is 119 Å². The van der Waals surface area contributed by atoms with Crippen molar-refractivity contribution in [3.05, 3.63) is 60.9 Å². The predicted octanol–water partition coefficient (Wildman–Crippen LogP) is 3.04. The van der Waals surface area contributed by atoms with E-state index in [4.69, 9.17) is 4.74 Å². The average molecular weight is 269 g/mol. The molecule has 1 atom stereocenters. The number of hydrogen-bond donors (Lipinski definition) is 1. The molecular weight excluding hydrogens is 250 g/mol. The van der Waals surface area contributed by atoms with Gasteiger partial charge in [-0.2, -0.15) is 0 Å². The number of aromatic nitrogens is 2. The SMILES string of the molecule is C1=COC(CNc2cccc(Cn3ccnc3)c2)CC1. The van der Waals surface area contributed by atoms with Crippen LogP contribution in [0, 0.1) is 0 Å². The molecule has 0 radical (unpaired) electrons. The standard InChI is InChI=1S/C16H19N3O/c1-2-9-20-16(6-1)11-18-15-5-3-4-14(10-15)12-19-8-7-17-13-19/h2-5,7-10,13,16,18H,1,6,11-12H2. The van der Waals surface area contributed by atoms with Crippen LogP contribution in [-0.4, -0.2) is 22.2 Å². The van der Waals surface area contributed by atoms with Crippen LogP contribution < -0.4 is 5.32 Å². The highest BCUT2D eigenvalue weighted by Crippen LogP contribution is 2.15. The van der Waals surface area contributed by atoms with Crippen molar-refractivity contribution in [2.24, 2.45) is 0 Å². The van der Waals surface area contributed by atoms with Gasteiger partial charge in [0.15, 0.2) is 0 Å². The summed E-state index contributed by atoms with van der Waals surface area (Å²) >= 11 is 0. The third kappa shape index (κ3) is 3.41. The molecule has 0 amide bonds. The smallest absolute Gasteiger partial charge is 0.115 e. The maximum absolute atomic E-state index is 5.56. The Bertz CT molecular complexity index is 563. The van der Waals surface area contributed by atoms with Crippen molar-refractivity contribution < 1.29 is 4.74 Å². The minimum atomic E-state index is 0.275. The molecule has 2 aromatic rings. The van der Waals surface area contributed by atoms with Crippen molar-refractivity contribution in [3.63, 3.8) is 0 Å². The number of nitrogens with zero attached hydrogens (tertiary/aromatic N) is 2. The van der Waals surface area contributed by atoms with Gasteiger partial charge < -0.3 is 14.6 Å². The molecule has 3 rings (SSSR count). The summed E-state index contributed by atoms with van der Waals surface area (Å²) in [5.74, 6) is 0. The van der Waals surface area contributed by atoms with E-state index < -0.39 is 0 Å². The van der Waals surface area contributed by atoms with Gasteiger partial charge in [0.25, 0.3) is 0 Å². The Balaban J connectivity index is 1.58. The lowest BCUT2D eigenvalue weighted by Gasteiger charge is -2.20. The normalized spacial score (nSPS) is 17.7. The second kappa shape index (κ2) is 6.28. The number of benzene rings is 1. The van der Waals surface area contributed by atoms with Crippen LogP contribution in [0.4, 0.5) is 5.69 Å². The van der Waals surface area contributed by atoms with Crippen molar-refractivity contribution in [2.45, 2.75) is 25.5 Å². The van der Waals surface area contributed by atoms with Crippen LogP contribution in [-0.2, 0) is 11.3 Å². The molecule has 0 fully saturated rings. The molecule has 1 aliphatic rings. The van der Waals surface area contributed by atoms with E-state index in [1.807, 2.05) is 18.8 Å². The molecule has 0 bridgehead atoms. The van der Waals surface area contributed by atoms with E-state index in [2.05, 4.69) is 45.2 Å². The summed E-state index contributed by atoms with van der Waals surface area (Å²) in [6, 6.07) is 8.48. The first-order chi connectivity index (χ1) is 9.90. The van der Waals surface area contributed by atoms with Gasteiger partial charge in [0.05, 0.1) is 19.1 Å². The van der Waals surface area contributed by atoms with Crippen LogP contribution in [0.15, 0.2) is 55.3 Å². The first kappa shape index (κ1) is 12.8. The van der Waals surface area contributed by atoms with Gasteiger partial charge in [-0.15, -0.1) is 0 Å². The number of rotatable bonds is 5. The van der Waals surface area contributed by atoms with Crippen LogP contribution in [0.3, 0.4) is 0 Å². The highest BCUT2D eigenvalue weighted by Gasteiger charge is 2.10. The molecule has 0 saturated heterocycles. The summed E-state index contributed by atoms with van der Waals surface area (Å²) < 4.78 is 7.62. The largest absolute Gasteiger partial charge is 0.497 e. The fourth-order valence-electron chi connectivity index (χ4n) is 2.34. The third-order valence-corrected chi connectivity index (χ3v) is 3.41. The Hall–Kier alpha value is -2.23. The van der Waals surface area contributed by atoms with E-state index in [9.17, 15) is 0 Å². The van der Waals surface area contributed by atoms with Crippen LogP contribution in [0.1, 0.15) is 18.4 Å². The molecule has 4 heteroatoms.